The Morgan fingerprint density at radius 3 is 2.73 bits per heavy atom. The lowest BCUT2D eigenvalue weighted by atomic mass is 10.2. The molecule has 1 aromatic rings. The summed E-state index contributed by atoms with van der Waals surface area (Å²) in [5.41, 5.74) is 4.27. The molecular weight excluding hydrogens is 343 g/mol. The van der Waals surface area contributed by atoms with E-state index in [1.54, 1.807) is 0 Å². The highest BCUT2D eigenvalue weighted by atomic mass is 35.5. The van der Waals surface area contributed by atoms with Crippen LogP contribution < -0.4 is 11.1 Å². The zero-order valence-electron chi connectivity index (χ0n) is 10.8. The van der Waals surface area contributed by atoms with Crippen molar-refractivity contribution in [1.82, 2.24) is 0 Å². The van der Waals surface area contributed by atoms with Crippen molar-refractivity contribution in [3.63, 3.8) is 0 Å². The van der Waals surface area contributed by atoms with E-state index >= 15 is 0 Å². The van der Waals surface area contributed by atoms with Crippen molar-refractivity contribution in [2.75, 3.05) is 5.32 Å². The highest BCUT2D eigenvalue weighted by Crippen LogP contribution is 2.34. The van der Waals surface area contributed by atoms with Gasteiger partial charge in [-0.3, -0.25) is 9.59 Å². The number of anilines is 1. The molecule has 10 heteroatoms. The number of aliphatic imine (C=N–C) groups is 1. The molecule has 0 saturated heterocycles. The molecule has 1 aliphatic heterocycles. The lowest BCUT2D eigenvalue weighted by Gasteiger charge is -2.18. The number of carbonyl (C=O) groups is 2. The molecule has 118 valence electrons. The molecule has 0 spiro atoms. The molecule has 0 aliphatic carbocycles. The molecular formula is C12H9ClF3N3O2S. The highest BCUT2D eigenvalue weighted by molar-refractivity contribution is 8.15. The molecule has 1 heterocycles. The van der Waals surface area contributed by atoms with Crippen molar-refractivity contribution in [3.8, 4) is 0 Å². The number of hydrogen-bond acceptors (Lipinski definition) is 4. The molecule has 0 radical (unpaired) electrons. The van der Waals surface area contributed by atoms with Crippen molar-refractivity contribution in [3.05, 3.63) is 28.8 Å². The second-order valence-corrected chi connectivity index (χ2v) is 5.97. The number of amidine groups is 1. The quantitative estimate of drug-likeness (QED) is 0.857. The maximum atomic E-state index is 12.7. The summed E-state index contributed by atoms with van der Waals surface area (Å²) < 4.78 is 38.0. The first-order chi connectivity index (χ1) is 10.2. The second-order valence-electron chi connectivity index (χ2n) is 4.34. The third-order valence-corrected chi connectivity index (χ3v) is 4.03. The van der Waals surface area contributed by atoms with Crippen molar-refractivity contribution in [2.45, 2.75) is 17.8 Å². The zero-order valence-corrected chi connectivity index (χ0v) is 12.4. The number of hydrogen-bond donors (Lipinski definition) is 2. The molecule has 2 amide bonds. The smallest absolute Gasteiger partial charge is 0.378 e. The summed E-state index contributed by atoms with van der Waals surface area (Å²) in [5, 5.41) is 1.30. The van der Waals surface area contributed by atoms with E-state index in [1.165, 1.54) is 0 Å². The van der Waals surface area contributed by atoms with Crippen LogP contribution in [0, 0.1) is 0 Å². The predicted octanol–water partition coefficient (Wildman–Crippen LogP) is 2.64. The second kappa shape index (κ2) is 6.17. The third-order valence-electron chi connectivity index (χ3n) is 2.70. The molecule has 2 rings (SSSR count). The Bertz CT molecular complexity index is 664. The normalized spacial score (nSPS) is 18.8. The largest absolute Gasteiger partial charge is 0.416 e. The van der Waals surface area contributed by atoms with Crippen LogP contribution in [-0.2, 0) is 15.8 Å². The van der Waals surface area contributed by atoms with Gasteiger partial charge in [0.2, 0.25) is 11.8 Å². The van der Waals surface area contributed by atoms with Crippen LogP contribution in [0.15, 0.2) is 23.2 Å². The van der Waals surface area contributed by atoms with E-state index in [0.717, 1.165) is 30.0 Å². The standard InChI is InChI=1S/C12H9ClF3N3O2S/c13-6-2-1-5(12(14,15)16)3-7(6)18-10(21)8-4-9(20)19-11(17)22-8/h1-3,8H,4H2,(H,18,21)(H2,17,19,20)/t8-/m0/s1. The number of carbonyl (C=O) groups excluding carboxylic acids is 2. The van der Waals surface area contributed by atoms with E-state index in [2.05, 4.69) is 10.3 Å². The fraction of sp³-hybridized carbons (Fsp3) is 0.250. The topological polar surface area (TPSA) is 84.5 Å². The molecule has 5 nitrogen and oxygen atoms in total. The summed E-state index contributed by atoms with van der Waals surface area (Å²) in [7, 11) is 0. The molecule has 0 fully saturated rings. The van der Waals surface area contributed by atoms with Crippen molar-refractivity contribution >= 4 is 46.0 Å². The Balaban J connectivity index is 2.18. The Labute approximate surface area is 132 Å². The monoisotopic (exact) mass is 351 g/mol. The van der Waals surface area contributed by atoms with Gasteiger partial charge in [0, 0.05) is 0 Å². The van der Waals surface area contributed by atoms with Crippen LogP contribution in [0.1, 0.15) is 12.0 Å². The number of rotatable bonds is 2. The maximum absolute atomic E-state index is 12.7. The number of nitrogens with two attached hydrogens (primary N) is 1. The minimum Gasteiger partial charge on any atom is -0.378 e. The summed E-state index contributed by atoms with van der Waals surface area (Å²) in [6.07, 6.45) is -4.75. The van der Waals surface area contributed by atoms with Crippen LogP contribution in [0.5, 0.6) is 0 Å². The van der Waals surface area contributed by atoms with Crippen LogP contribution in [-0.4, -0.2) is 22.2 Å². The Morgan fingerprint density at radius 2 is 2.14 bits per heavy atom. The van der Waals surface area contributed by atoms with Gasteiger partial charge in [0.15, 0.2) is 5.17 Å². The number of nitrogens with zero attached hydrogens (tertiary/aromatic N) is 1. The van der Waals surface area contributed by atoms with Gasteiger partial charge in [-0.1, -0.05) is 23.4 Å². The van der Waals surface area contributed by atoms with Crippen LogP contribution in [0.4, 0.5) is 18.9 Å². The van der Waals surface area contributed by atoms with Gasteiger partial charge in [-0.2, -0.15) is 18.2 Å². The molecule has 0 aromatic heterocycles. The number of alkyl halides is 3. The van der Waals surface area contributed by atoms with Gasteiger partial charge < -0.3 is 11.1 Å². The summed E-state index contributed by atoms with van der Waals surface area (Å²) >= 11 is 6.65. The maximum Gasteiger partial charge on any atom is 0.416 e. The lowest BCUT2D eigenvalue weighted by Crippen LogP contribution is -2.33. The number of thioether (sulfide) groups is 1. The minimum absolute atomic E-state index is 0.0462. The minimum atomic E-state index is -4.56. The number of nitrogens with one attached hydrogen (secondary N) is 1. The predicted molar refractivity (Wildman–Crippen MR) is 77.7 cm³/mol. The Kier molecular flexibility index (Phi) is 4.66. The Morgan fingerprint density at radius 1 is 1.45 bits per heavy atom. The zero-order chi connectivity index (χ0) is 16.5. The number of halogens is 4. The van der Waals surface area contributed by atoms with E-state index in [1.807, 2.05) is 0 Å². The van der Waals surface area contributed by atoms with Gasteiger partial charge in [-0.05, 0) is 18.2 Å². The number of benzene rings is 1. The summed E-state index contributed by atoms with van der Waals surface area (Å²) in [6, 6.07) is 2.57. The summed E-state index contributed by atoms with van der Waals surface area (Å²) in [5.74, 6) is -1.23. The van der Waals surface area contributed by atoms with Crippen LogP contribution in [0.3, 0.4) is 0 Å². The molecule has 3 N–H and O–H groups in total. The van der Waals surface area contributed by atoms with Crippen molar-refractivity contribution < 1.29 is 22.8 Å². The fourth-order valence-corrected chi connectivity index (χ4v) is 2.70. The molecule has 0 bridgehead atoms. The van der Waals surface area contributed by atoms with E-state index < -0.39 is 28.8 Å². The number of amides is 2. The molecule has 1 atom stereocenters. The first-order valence-electron chi connectivity index (χ1n) is 5.88. The third kappa shape index (κ3) is 3.92. The fourth-order valence-electron chi connectivity index (χ4n) is 1.70. The first-order valence-corrected chi connectivity index (χ1v) is 7.14. The molecule has 0 unspecified atom stereocenters. The average Bonchev–Trinajstić information content (AvgIpc) is 2.38. The van der Waals surface area contributed by atoms with Crippen molar-refractivity contribution in [2.24, 2.45) is 10.7 Å². The average molecular weight is 352 g/mol. The van der Waals surface area contributed by atoms with Gasteiger partial charge in [-0.15, -0.1) is 0 Å². The van der Waals surface area contributed by atoms with Crippen molar-refractivity contribution in [1.29, 1.82) is 0 Å². The molecule has 1 aromatic carbocycles. The summed E-state index contributed by atoms with van der Waals surface area (Å²) in [6.45, 7) is 0. The van der Waals surface area contributed by atoms with Gasteiger partial charge >= 0.3 is 6.18 Å². The van der Waals surface area contributed by atoms with Gasteiger partial charge in [0.25, 0.3) is 0 Å². The molecule has 22 heavy (non-hydrogen) atoms. The van der Waals surface area contributed by atoms with E-state index in [-0.39, 0.29) is 22.3 Å². The molecule has 0 saturated carbocycles. The van der Waals surface area contributed by atoms with Crippen LogP contribution >= 0.6 is 23.4 Å². The lowest BCUT2D eigenvalue weighted by molar-refractivity contribution is -0.137. The van der Waals surface area contributed by atoms with Crippen LogP contribution in [0.2, 0.25) is 5.02 Å². The SMILES string of the molecule is NC1=NC(=O)C[C@@H](C(=O)Nc2cc(C(F)(F)F)ccc2Cl)S1. The summed E-state index contributed by atoms with van der Waals surface area (Å²) in [4.78, 5) is 26.7. The molecule has 1 aliphatic rings. The first kappa shape index (κ1) is 16.6. The highest BCUT2D eigenvalue weighted by Gasteiger charge is 2.32. The van der Waals surface area contributed by atoms with Gasteiger partial charge in [-0.25, -0.2) is 0 Å². The van der Waals surface area contributed by atoms with Gasteiger partial charge in [0.05, 0.1) is 22.7 Å². The van der Waals surface area contributed by atoms with E-state index in [4.69, 9.17) is 17.3 Å². The van der Waals surface area contributed by atoms with Crippen LogP contribution in [0.25, 0.3) is 0 Å². The van der Waals surface area contributed by atoms with E-state index in [9.17, 15) is 22.8 Å². The Hall–Kier alpha value is -1.74. The van der Waals surface area contributed by atoms with Gasteiger partial charge in [0.1, 0.15) is 5.25 Å². The van der Waals surface area contributed by atoms with E-state index in [0.29, 0.717) is 0 Å².